The van der Waals surface area contributed by atoms with E-state index in [4.69, 9.17) is 27.0 Å². The standard InChI is InChI=1S/C14H30N4O5Si2/c1-7(11(15)19)24(5,8(2)12(16)20)23-25(6,9(3)13(17)21)10(4)14(18)22/h7-10H,1-6H3,(H2,15,19)(H2,16,20)(H2,17,21)(H2,18,22). The lowest BCUT2D eigenvalue weighted by Crippen LogP contribution is -2.62. The Hall–Kier alpha value is -1.73. The summed E-state index contributed by atoms with van der Waals surface area (Å²) in [5.74, 6) is -2.57. The summed E-state index contributed by atoms with van der Waals surface area (Å²) in [5.41, 5.74) is 18.7. The van der Waals surface area contributed by atoms with Gasteiger partial charge in [-0.3, -0.25) is 19.2 Å². The van der Waals surface area contributed by atoms with E-state index in [2.05, 4.69) is 0 Å². The molecular formula is C14H30N4O5Si2. The van der Waals surface area contributed by atoms with Gasteiger partial charge in [0.2, 0.25) is 40.3 Å². The molecule has 0 aliphatic rings. The maximum absolute atomic E-state index is 11.8. The van der Waals surface area contributed by atoms with Crippen molar-refractivity contribution in [2.24, 2.45) is 22.9 Å². The second-order valence-corrected chi connectivity index (χ2v) is 16.0. The monoisotopic (exact) mass is 390 g/mol. The van der Waals surface area contributed by atoms with Gasteiger partial charge in [-0.05, 0) is 13.1 Å². The van der Waals surface area contributed by atoms with Gasteiger partial charge < -0.3 is 27.0 Å². The third-order valence-electron chi connectivity index (χ3n) is 5.59. The lowest BCUT2D eigenvalue weighted by atomic mass is 10.4. The van der Waals surface area contributed by atoms with Crippen molar-refractivity contribution < 1.29 is 23.3 Å². The molecule has 0 bridgehead atoms. The zero-order valence-corrected chi connectivity index (χ0v) is 17.7. The molecule has 8 N–H and O–H groups in total. The highest BCUT2D eigenvalue weighted by molar-refractivity contribution is 6.93. The van der Waals surface area contributed by atoms with Crippen LogP contribution in [0.5, 0.6) is 0 Å². The third-order valence-corrected chi connectivity index (χ3v) is 17.1. The fourth-order valence-corrected chi connectivity index (χ4v) is 13.1. The first kappa shape index (κ1) is 23.3. The Kier molecular flexibility index (Phi) is 7.54. The number of hydrogen-bond donors (Lipinski definition) is 4. The maximum Gasteiger partial charge on any atom is 0.219 e. The Labute approximate surface area is 150 Å². The van der Waals surface area contributed by atoms with Gasteiger partial charge in [-0.2, -0.15) is 0 Å². The van der Waals surface area contributed by atoms with E-state index < -0.39 is 62.4 Å². The Morgan fingerprint density at radius 3 is 0.880 bits per heavy atom. The van der Waals surface area contributed by atoms with Crippen molar-refractivity contribution in [1.82, 2.24) is 0 Å². The van der Waals surface area contributed by atoms with Crippen LogP contribution < -0.4 is 22.9 Å². The van der Waals surface area contributed by atoms with Crippen LogP contribution in [-0.2, 0) is 23.3 Å². The van der Waals surface area contributed by atoms with Crippen LogP contribution in [0.3, 0.4) is 0 Å². The SMILES string of the molecule is CC(C(N)=O)[Si](C)(O[Si](C)(C(C)C(N)=O)C(C)C(N)=O)C(C)C(N)=O. The van der Waals surface area contributed by atoms with Crippen molar-refractivity contribution in [3.05, 3.63) is 0 Å². The average Bonchev–Trinajstić information content (AvgIpc) is 2.50. The van der Waals surface area contributed by atoms with Crippen molar-refractivity contribution in [3.8, 4) is 0 Å². The Morgan fingerprint density at radius 1 is 0.600 bits per heavy atom. The van der Waals surface area contributed by atoms with E-state index in [0.29, 0.717) is 0 Å². The smallest absolute Gasteiger partial charge is 0.219 e. The first-order chi connectivity index (χ1) is 11.1. The summed E-state index contributed by atoms with van der Waals surface area (Å²) in [6.07, 6.45) is 0. The molecule has 0 heterocycles. The molecule has 0 aromatic heterocycles. The van der Waals surface area contributed by atoms with Crippen molar-refractivity contribution in [2.75, 3.05) is 0 Å². The van der Waals surface area contributed by atoms with E-state index in [1.54, 1.807) is 40.8 Å². The van der Waals surface area contributed by atoms with Crippen LogP contribution in [0.25, 0.3) is 0 Å². The fraction of sp³-hybridized carbons (Fsp3) is 0.714. The quantitative estimate of drug-likeness (QED) is 0.371. The summed E-state index contributed by atoms with van der Waals surface area (Å²) in [6, 6.07) is 0. The first-order valence-corrected chi connectivity index (χ1v) is 13.1. The minimum absolute atomic E-state index is 0.642. The topological polar surface area (TPSA) is 182 Å². The number of hydrogen-bond acceptors (Lipinski definition) is 5. The normalized spacial score (nSPS) is 21.0. The van der Waals surface area contributed by atoms with E-state index >= 15 is 0 Å². The van der Waals surface area contributed by atoms with Crippen molar-refractivity contribution in [3.63, 3.8) is 0 Å². The Bertz CT molecular complexity index is 483. The molecule has 0 saturated heterocycles. The molecule has 0 aromatic rings. The van der Waals surface area contributed by atoms with Crippen LogP contribution in [0.2, 0.25) is 35.3 Å². The van der Waals surface area contributed by atoms with Crippen LogP contribution in [0, 0.1) is 0 Å². The molecule has 0 rings (SSSR count). The molecule has 25 heavy (non-hydrogen) atoms. The fourth-order valence-electron chi connectivity index (χ4n) is 2.71. The minimum atomic E-state index is -3.24. The molecule has 0 fully saturated rings. The van der Waals surface area contributed by atoms with E-state index in [-0.39, 0.29) is 0 Å². The predicted octanol–water partition coefficient (Wildman–Crippen LogP) is -0.345. The number of carbonyl (C=O) groups is 4. The van der Waals surface area contributed by atoms with E-state index in [9.17, 15) is 19.2 Å². The van der Waals surface area contributed by atoms with Gasteiger partial charge in [0.05, 0.1) is 22.2 Å². The van der Waals surface area contributed by atoms with E-state index in [1.165, 1.54) is 0 Å². The summed E-state index contributed by atoms with van der Waals surface area (Å²) in [6.45, 7) is 9.56. The summed E-state index contributed by atoms with van der Waals surface area (Å²) in [7, 11) is -6.48. The lowest BCUT2D eigenvalue weighted by Gasteiger charge is -2.46. The summed E-state index contributed by atoms with van der Waals surface area (Å²) in [4.78, 5) is 47.3. The molecule has 0 aliphatic heterocycles. The molecule has 9 nitrogen and oxygen atoms in total. The molecule has 0 saturated carbocycles. The van der Waals surface area contributed by atoms with Gasteiger partial charge in [-0.25, -0.2) is 0 Å². The third kappa shape index (κ3) is 4.67. The van der Waals surface area contributed by atoms with Crippen LogP contribution in [-0.4, -0.2) is 40.3 Å². The van der Waals surface area contributed by atoms with Gasteiger partial charge in [0, 0.05) is 0 Å². The lowest BCUT2D eigenvalue weighted by molar-refractivity contribution is -0.119. The zero-order valence-electron chi connectivity index (χ0n) is 15.7. The van der Waals surface area contributed by atoms with Gasteiger partial charge in [0.25, 0.3) is 0 Å². The highest BCUT2D eigenvalue weighted by Crippen LogP contribution is 2.43. The van der Waals surface area contributed by atoms with Crippen LogP contribution in [0.15, 0.2) is 0 Å². The van der Waals surface area contributed by atoms with E-state index in [0.717, 1.165) is 0 Å². The maximum atomic E-state index is 11.8. The van der Waals surface area contributed by atoms with E-state index in [1.807, 2.05) is 0 Å². The van der Waals surface area contributed by atoms with Gasteiger partial charge in [-0.15, -0.1) is 0 Å². The second-order valence-electron chi connectivity index (χ2n) is 6.97. The number of carbonyl (C=O) groups excluding carboxylic acids is 4. The van der Waals surface area contributed by atoms with Crippen LogP contribution in [0.4, 0.5) is 0 Å². The van der Waals surface area contributed by atoms with Gasteiger partial charge in [0.1, 0.15) is 0 Å². The van der Waals surface area contributed by atoms with Crippen molar-refractivity contribution >= 4 is 40.3 Å². The van der Waals surface area contributed by atoms with Crippen molar-refractivity contribution in [2.45, 2.75) is 63.0 Å². The second kappa shape index (κ2) is 8.10. The first-order valence-electron chi connectivity index (χ1n) is 8.00. The molecule has 4 atom stereocenters. The molecule has 11 heteroatoms. The highest BCUT2D eigenvalue weighted by atomic mass is 28.4. The van der Waals surface area contributed by atoms with Gasteiger partial charge in [0.15, 0.2) is 0 Å². The summed E-state index contributed by atoms with van der Waals surface area (Å²) in [5, 5.41) is 0. The molecule has 0 aromatic carbocycles. The minimum Gasteiger partial charge on any atom is -0.453 e. The Morgan fingerprint density at radius 2 is 0.760 bits per heavy atom. The molecule has 0 spiro atoms. The molecular weight excluding hydrogens is 360 g/mol. The number of nitrogens with two attached hydrogens (primary N) is 4. The molecule has 0 radical (unpaired) electrons. The zero-order chi connectivity index (χ0) is 20.3. The van der Waals surface area contributed by atoms with Crippen LogP contribution >= 0.6 is 0 Å². The molecule has 4 amide bonds. The van der Waals surface area contributed by atoms with Crippen molar-refractivity contribution in [1.29, 1.82) is 0 Å². The summed E-state index contributed by atoms with van der Waals surface area (Å²) >= 11 is 0. The van der Waals surface area contributed by atoms with Gasteiger partial charge >= 0.3 is 0 Å². The average molecular weight is 391 g/mol. The number of rotatable bonds is 10. The molecule has 4 unspecified atom stereocenters. The molecule has 144 valence electrons. The number of amides is 4. The van der Waals surface area contributed by atoms with Gasteiger partial charge in [-0.1, -0.05) is 27.7 Å². The Balaban J connectivity index is 6.34. The molecule has 0 aliphatic carbocycles. The van der Waals surface area contributed by atoms with Crippen LogP contribution in [0.1, 0.15) is 27.7 Å². The predicted molar refractivity (Wildman–Crippen MR) is 98.8 cm³/mol. The largest absolute Gasteiger partial charge is 0.453 e. The highest BCUT2D eigenvalue weighted by Gasteiger charge is 2.56. The number of primary amides is 4. The summed E-state index contributed by atoms with van der Waals surface area (Å²) < 4.78 is 6.39.